The van der Waals surface area contributed by atoms with Crippen LogP contribution >= 0.6 is 22.9 Å². The highest BCUT2D eigenvalue weighted by molar-refractivity contribution is 7.16. The van der Waals surface area contributed by atoms with E-state index in [1.165, 1.54) is 30.6 Å². The maximum absolute atomic E-state index is 12.5. The molecule has 138 valence electrons. The highest BCUT2D eigenvalue weighted by Gasteiger charge is 2.16. The van der Waals surface area contributed by atoms with Gasteiger partial charge in [0.25, 0.3) is 11.6 Å². The van der Waals surface area contributed by atoms with Crippen LogP contribution in [0.2, 0.25) is 5.02 Å². The number of amides is 1. The lowest BCUT2D eigenvalue weighted by molar-refractivity contribution is -0.384. The van der Waals surface area contributed by atoms with Crippen LogP contribution in [-0.4, -0.2) is 28.5 Å². The van der Waals surface area contributed by atoms with Crippen molar-refractivity contribution in [2.24, 2.45) is 12.0 Å². The minimum absolute atomic E-state index is 0.0569. The molecular weight excluding hydrogens is 394 g/mol. The number of halogens is 1. The number of aromatic nitrogens is 1. The molecule has 0 fully saturated rings. The molecule has 0 bridgehead atoms. The number of nitro benzene ring substituents is 1. The zero-order valence-electron chi connectivity index (χ0n) is 14.1. The molecule has 0 saturated carbocycles. The Hall–Kier alpha value is -3.04. The molecule has 0 aliphatic carbocycles. The molecule has 1 amide bonds. The van der Waals surface area contributed by atoms with Crippen LogP contribution in [0.5, 0.6) is 0 Å². The van der Waals surface area contributed by atoms with Crippen molar-refractivity contribution < 1.29 is 19.2 Å². The molecule has 2 aromatic carbocycles. The number of hydrogen-bond donors (Lipinski definition) is 0. The predicted octanol–water partition coefficient (Wildman–Crippen LogP) is 3.33. The van der Waals surface area contributed by atoms with E-state index in [1.807, 2.05) is 0 Å². The Labute approximate surface area is 161 Å². The molecule has 0 atom stereocenters. The lowest BCUT2D eigenvalue weighted by Gasteiger charge is -2.00. The first kappa shape index (κ1) is 18.7. The Morgan fingerprint density at radius 2 is 2.00 bits per heavy atom. The van der Waals surface area contributed by atoms with Crippen molar-refractivity contribution in [3.05, 3.63) is 67.5 Å². The number of rotatable bonds is 3. The van der Waals surface area contributed by atoms with Gasteiger partial charge in [0.05, 0.1) is 38.4 Å². The fourth-order valence-corrected chi connectivity index (χ4v) is 3.68. The van der Waals surface area contributed by atoms with Crippen LogP contribution in [0, 0.1) is 10.1 Å². The quantitative estimate of drug-likeness (QED) is 0.377. The molecule has 1 aromatic heterocycles. The predicted molar refractivity (Wildman–Crippen MR) is 100 cm³/mol. The molecule has 10 heteroatoms. The molecule has 27 heavy (non-hydrogen) atoms. The molecule has 3 rings (SSSR count). The first-order valence-corrected chi connectivity index (χ1v) is 8.72. The van der Waals surface area contributed by atoms with E-state index in [9.17, 15) is 19.7 Å². The Morgan fingerprint density at radius 3 is 2.67 bits per heavy atom. The van der Waals surface area contributed by atoms with Gasteiger partial charge < -0.3 is 9.30 Å². The van der Waals surface area contributed by atoms with E-state index >= 15 is 0 Å². The average Bonchev–Trinajstić information content (AvgIpc) is 2.96. The lowest BCUT2D eigenvalue weighted by atomic mass is 10.2. The summed E-state index contributed by atoms with van der Waals surface area (Å²) in [5.74, 6) is -1.16. The molecule has 0 radical (unpaired) electrons. The second-order valence-corrected chi connectivity index (χ2v) is 6.87. The van der Waals surface area contributed by atoms with Crippen molar-refractivity contribution in [2.45, 2.75) is 0 Å². The lowest BCUT2D eigenvalue weighted by Crippen LogP contribution is -2.13. The Morgan fingerprint density at radius 1 is 1.26 bits per heavy atom. The third kappa shape index (κ3) is 3.60. The van der Waals surface area contributed by atoms with Crippen LogP contribution in [0.4, 0.5) is 5.69 Å². The maximum atomic E-state index is 12.5. The zero-order chi connectivity index (χ0) is 19.7. The largest absolute Gasteiger partial charge is 0.465 e. The van der Waals surface area contributed by atoms with Gasteiger partial charge in [0.15, 0.2) is 4.80 Å². The van der Waals surface area contributed by atoms with Gasteiger partial charge in [0, 0.05) is 19.2 Å². The van der Waals surface area contributed by atoms with E-state index in [-0.39, 0.29) is 16.3 Å². The molecule has 0 unspecified atom stereocenters. The van der Waals surface area contributed by atoms with Crippen LogP contribution in [0.25, 0.3) is 10.2 Å². The van der Waals surface area contributed by atoms with Crippen LogP contribution in [0.3, 0.4) is 0 Å². The van der Waals surface area contributed by atoms with E-state index in [1.54, 1.807) is 29.8 Å². The smallest absolute Gasteiger partial charge is 0.337 e. The number of carbonyl (C=O) groups is 2. The third-order valence-electron chi connectivity index (χ3n) is 3.82. The highest BCUT2D eigenvalue weighted by atomic mass is 35.5. The fourth-order valence-electron chi connectivity index (χ4n) is 2.42. The van der Waals surface area contributed by atoms with Crippen molar-refractivity contribution in [2.75, 3.05) is 7.11 Å². The number of nitro groups is 1. The van der Waals surface area contributed by atoms with Gasteiger partial charge in [0.2, 0.25) is 0 Å². The number of carbonyl (C=O) groups excluding carboxylic acids is 2. The summed E-state index contributed by atoms with van der Waals surface area (Å²) in [6, 6.07) is 8.58. The van der Waals surface area contributed by atoms with Gasteiger partial charge >= 0.3 is 5.97 Å². The van der Waals surface area contributed by atoms with Gasteiger partial charge in [-0.25, -0.2) is 4.79 Å². The second kappa shape index (κ2) is 7.29. The minimum atomic E-state index is -0.695. The number of benzene rings is 2. The van der Waals surface area contributed by atoms with Crippen molar-refractivity contribution in [1.82, 2.24) is 4.57 Å². The van der Waals surface area contributed by atoms with Crippen molar-refractivity contribution in [3.8, 4) is 0 Å². The topological polar surface area (TPSA) is 104 Å². The first-order valence-electron chi connectivity index (χ1n) is 7.52. The van der Waals surface area contributed by atoms with Gasteiger partial charge in [-0.2, -0.15) is 4.99 Å². The van der Waals surface area contributed by atoms with E-state index < -0.39 is 16.8 Å². The number of nitrogens with zero attached hydrogens (tertiary/aromatic N) is 3. The Balaban J connectivity index is 2.09. The van der Waals surface area contributed by atoms with Crippen molar-refractivity contribution >= 4 is 50.7 Å². The maximum Gasteiger partial charge on any atom is 0.337 e. The fraction of sp³-hybridized carbons (Fsp3) is 0.118. The summed E-state index contributed by atoms with van der Waals surface area (Å²) < 4.78 is 7.12. The molecule has 0 saturated heterocycles. The summed E-state index contributed by atoms with van der Waals surface area (Å²) in [6.07, 6.45) is 0. The number of ether oxygens (including phenoxy) is 1. The number of hydrogen-bond acceptors (Lipinski definition) is 6. The first-order chi connectivity index (χ1) is 12.8. The molecule has 0 aliphatic rings. The number of methoxy groups -OCH3 is 1. The van der Waals surface area contributed by atoms with Gasteiger partial charge in [-0.05, 0) is 24.3 Å². The van der Waals surface area contributed by atoms with Crippen LogP contribution < -0.4 is 4.80 Å². The number of non-ortho nitro benzene ring substituents is 1. The Bertz CT molecular complexity index is 1170. The van der Waals surface area contributed by atoms with E-state index in [0.29, 0.717) is 10.4 Å². The molecule has 0 spiro atoms. The monoisotopic (exact) mass is 405 g/mol. The SMILES string of the molecule is COC(=O)c1ccc2c(c1)sc(=NC(=O)c1cc([N+](=O)[O-])ccc1Cl)n2C. The van der Waals surface area contributed by atoms with Gasteiger partial charge in [-0.15, -0.1) is 0 Å². The summed E-state index contributed by atoms with van der Waals surface area (Å²) in [5, 5.41) is 11.0. The zero-order valence-corrected chi connectivity index (χ0v) is 15.7. The summed E-state index contributed by atoms with van der Waals surface area (Å²) in [7, 11) is 3.01. The van der Waals surface area contributed by atoms with E-state index in [0.717, 1.165) is 16.3 Å². The molecule has 1 heterocycles. The van der Waals surface area contributed by atoms with Gasteiger partial charge in [-0.1, -0.05) is 22.9 Å². The average molecular weight is 406 g/mol. The summed E-state index contributed by atoms with van der Waals surface area (Å²) in [6.45, 7) is 0. The normalized spacial score (nSPS) is 11.6. The van der Waals surface area contributed by atoms with Crippen LogP contribution in [-0.2, 0) is 11.8 Å². The van der Waals surface area contributed by atoms with Crippen molar-refractivity contribution in [1.29, 1.82) is 0 Å². The number of thiazole rings is 1. The molecule has 0 aliphatic heterocycles. The molecule has 8 nitrogen and oxygen atoms in total. The molecule has 3 aromatic rings. The summed E-state index contributed by atoms with van der Waals surface area (Å²) in [5.41, 5.74) is 0.843. The van der Waals surface area contributed by atoms with Gasteiger partial charge in [-0.3, -0.25) is 14.9 Å². The number of aryl methyl sites for hydroxylation is 1. The number of esters is 1. The van der Waals surface area contributed by atoms with E-state index in [4.69, 9.17) is 16.3 Å². The standard InChI is InChI=1S/C17H12ClN3O5S/c1-20-13-6-3-9(16(23)26-2)7-14(13)27-17(20)19-15(22)11-8-10(21(24)25)4-5-12(11)18/h3-8H,1-2H3. The summed E-state index contributed by atoms with van der Waals surface area (Å²) in [4.78, 5) is 38.9. The molecule has 0 N–H and O–H groups in total. The summed E-state index contributed by atoms with van der Waals surface area (Å²) >= 11 is 7.19. The second-order valence-electron chi connectivity index (χ2n) is 5.46. The third-order valence-corrected chi connectivity index (χ3v) is 5.24. The van der Waals surface area contributed by atoms with Crippen LogP contribution in [0.15, 0.2) is 41.4 Å². The number of fused-ring (bicyclic) bond motifs is 1. The van der Waals surface area contributed by atoms with Crippen molar-refractivity contribution in [3.63, 3.8) is 0 Å². The van der Waals surface area contributed by atoms with E-state index in [2.05, 4.69) is 4.99 Å². The minimum Gasteiger partial charge on any atom is -0.465 e. The highest BCUT2D eigenvalue weighted by Crippen LogP contribution is 2.23. The molecular formula is C17H12ClN3O5S. The van der Waals surface area contributed by atoms with Crippen LogP contribution in [0.1, 0.15) is 20.7 Å². The van der Waals surface area contributed by atoms with Gasteiger partial charge in [0.1, 0.15) is 0 Å². The Kier molecular flexibility index (Phi) is 5.06.